The summed E-state index contributed by atoms with van der Waals surface area (Å²) in [4.78, 5) is 0. The topological polar surface area (TPSA) is 26.3 Å². The Hall–Kier alpha value is 1.73. The van der Waals surface area contributed by atoms with Crippen LogP contribution in [0, 0.1) is 0 Å². The maximum absolute atomic E-state index is 12.2. The Bertz CT molecular complexity index is 278. The quantitative estimate of drug-likeness (QED) is 0.211. The van der Waals surface area contributed by atoms with Crippen LogP contribution in [0.1, 0.15) is 65.2 Å². The molecule has 0 N–H and O–H groups in total. The van der Waals surface area contributed by atoms with E-state index in [1.54, 1.807) is 0 Å². The Morgan fingerprint density at radius 1 is 1.05 bits per heavy atom. The molecular formula is C12H27O2PS3Zn. The van der Waals surface area contributed by atoms with E-state index in [1.807, 2.05) is 0 Å². The minimum absolute atomic E-state index is 0. The zero-order valence-corrected chi connectivity index (χ0v) is 18.7. The zero-order chi connectivity index (χ0) is 13.9. The smallest absolute Gasteiger partial charge is 0.314 e. The van der Waals surface area contributed by atoms with E-state index < -0.39 is 14.8 Å². The molecule has 0 aromatic carbocycles. The average Bonchev–Trinajstić information content (AvgIpc) is 2.34. The van der Waals surface area contributed by atoms with E-state index in [-0.39, 0.29) is 19.5 Å². The molecule has 0 heterocycles. The van der Waals surface area contributed by atoms with E-state index in [4.69, 9.17) is 15.7 Å². The molecule has 0 aliphatic rings. The largest absolute Gasteiger partial charge is 0.314 e. The molecule has 7 heteroatoms. The fraction of sp³-hybridized carbons (Fsp3) is 1.00. The van der Waals surface area contributed by atoms with Crippen molar-refractivity contribution in [2.75, 3.05) is 12.4 Å². The van der Waals surface area contributed by atoms with E-state index in [9.17, 15) is 4.57 Å². The molecule has 0 aliphatic heterocycles. The number of hydrogen-bond donors (Lipinski definition) is 1. The van der Waals surface area contributed by atoms with Crippen molar-refractivity contribution in [2.45, 2.75) is 65.2 Å². The van der Waals surface area contributed by atoms with Gasteiger partial charge in [-0.1, -0.05) is 64.6 Å². The van der Waals surface area contributed by atoms with Crippen LogP contribution in [0.2, 0.25) is 0 Å². The summed E-state index contributed by atoms with van der Waals surface area (Å²) in [5.41, 5.74) is 0. The van der Waals surface area contributed by atoms with Crippen LogP contribution in [0.5, 0.6) is 0 Å². The van der Waals surface area contributed by atoms with Crippen LogP contribution >= 0.6 is 18.0 Å². The van der Waals surface area contributed by atoms with Crippen molar-refractivity contribution in [1.29, 1.82) is 0 Å². The first-order valence-corrected chi connectivity index (χ1v) is 12.6. The van der Waals surface area contributed by atoms with Gasteiger partial charge in [-0.05, 0) is 33.1 Å². The van der Waals surface area contributed by atoms with Crippen LogP contribution in [0.15, 0.2) is 0 Å². The maximum atomic E-state index is 12.2. The zero-order valence-electron chi connectivity index (χ0n) is 12.3. The first-order chi connectivity index (χ1) is 8.54. The molecule has 0 aromatic rings. The molecule has 0 fully saturated rings. The van der Waals surface area contributed by atoms with Gasteiger partial charge in [0, 0.05) is 25.2 Å². The fourth-order valence-corrected chi connectivity index (χ4v) is 6.07. The molecule has 2 atom stereocenters. The normalized spacial score (nSPS) is 15.5. The summed E-state index contributed by atoms with van der Waals surface area (Å²) in [6, 6.07) is 0. The van der Waals surface area contributed by atoms with Gasteiger partial charge >= 0.3 is 5.77 Å². The second-order valence-corrected chi connectivity index (χ2v) is 13.8. The third-order valence-electron chi connectivity index (χ3n) is 2.68. The number of hydrogen-bond acceptors (Lipinski definition) is 3. The van der Waals surface area contributed by atoms with E-state index in [0.717, 1.165) is 25.0 Å². The molecular weight excluding hydrogens is 369 g/mol. The minimum Gasteiger partial charge on any atom is -0.314 e. The molecule has 0 aliphatic carbocycles. The van der Waals surface area contributed by atoms with Gasteiger partial charge in [0.25, 0.3) is 0 Å². The molecule has 0 radical (unpaired) electrons. The Morgan fingerprint density at radius 3 is 2.11 bits per heavy atom. The van der Waals surface area contributed by atoms with Crippen LogP contribution in [-0.2, 0) is 48.8 Å². The van der Waals surface area contributed by atoms with E-state index in [0.29, 0.717) is 6.61 Å². The van der Waals surface area contributed by atoms with Crippen molar-refractivity contribution in [3.8, 4) is 0 Å². The fourth-order valence-electron chi connectivity index (χ4n) is 1.54. The van der Waals surface area contributed by atoms with E-state index >= 15 is 0 Å². The van der Waals surface area contributed by atoms with Gasteiger partial charge in [-0.15, -0.1) is 0 Å². The summed E-state index contributed by atoms with van der Waals surface area (Å²) < 4.78 is 17.6. The summed E-state index contributed by atoms with van der Waals surface area (Å²) in [6.45, 7) is 4.88. The predicted octanol–water partition coefficient (Wildman–Crippen LogP) is 5.28. The third kappa shape index (κ3) is 13.1. The Morgan fingerprint density at radius 2 is 1.58 bits per heavy atom. The summed E-state index contributed by atoms with van der Waals surface area (Å²) in [6.07, 6.45) is 9.13. The Kier molecular flexibility index (Phi) is 17.8. The molecule has 0 amide bonds. The molecule has 0 aromatic heterocycles. The van der Waals surface area contributed by atoms with Crippen LogP contribution in [0.25, 0.3) is 0 Å². The van der Waals surface area contributed by atoms with Gasteiger partial charge in [0.05, 0.1) is 6.61 Å². The molecule has 112 valence electrons. The number of rotatable bonds is 12. The van der Waals surface area contributed by atoms with Gasteiger partial charge in [-0.3, -0.25) is 4.57 Å². The van der Waals surface area contributed by atoms with Crippen molar-refractivity contribution < 1.29 is 28.6 Å². The Balaban J connectivity index is 0. The average molecular weight is 396 g/mol. The second kappa shape index (κ2) is 14.7. The van der Waals surface area contributed by atoms with Gasteiger partial charge in [0.1, 0.15) is 0 Å². The summed E-state index contributed by atoms with van der Waals surface area (Å²) in [5.74, 6) is -2.03. The standard InChI is InChI=1S/C12H27O2PS3.Zn/c1-3-5-7-9-11-14-15(13,16)18(17)12-10-8-6-4-2;/h3-12H2,1-2H3,(H,13,16);. The first kappa shape index (κ1) is 23.0. The Labute approximate surface area is 143 Å². The molecule has 0 saturated heterocycles. The van der Waals surface area contributed by atoms with Gasteiger partial charge in [-0.2, -0.15) is 0 Å². The second-order valence-electron chi connectivity index (χ2n) is 4.45. The predicted molar refractivity (Wildman–Crippen MR) is 90.4 cm³/mol. The minimum atomic E-state index is -2.84. The van der Waals surface area contributed by atoms with Crippen molar-refractivity contribution in [1.82, 2.24) is 0 Å². The molecule has 2 unspecified atom stereocenters. The number of thiol groups is 1. The summed E-state index contributed by atoms with van der Waals surface area (Å²) in [7, 11) is -0.610. The molecule has 2 nitrogen and oxygen atoms in total. The van der Waals surface area contributed by atoms with Gasteiger partial charge < -0.3 is 4.52 Å². The molecule has 0 saturated carbocycles. The molecule has 0 rings (SSSR count). The van der Waals surface area contributed by atoms with Gasteiger partial charge in [0.15, 0.2) is 0 Å². The summed E-state index contributed by atoms with van der Waals surface area (Å²) in [5, 5.41) is 0. The molecule has 0 bridgehead atoms. The summed E-state index contributed by atoms with van der Waals surface area (Å²) >= 11 is 9.46. The molecule has 19 heavy (non-hydrogen) atoms. The number of unbranched alkanes of at least 4 members (excludes halogenated alkanes) is 6. The van der Waals surface area contributed by atoms with E-state index in [2.05, 4.69) is 26.1 Å². The van der Waals surface area contributed by atoms with Crippen molar-refractivity contribution in [2.24, 2.45) is 0 Å². The molecule has 0 spiro atoms. The van der Waals surface area contributed by atoms with Crippen molar-refractivity contribution in [3.05, 3.63) is 0 Å². The van der Waals surface area contributed by atoms with Crippen LogP contribution < -0.4 is 0 Å². The van der Waals surface area contributed by atoms with Crippen LogP contribution in [0.3, 0.4) is 0 Å². The van der Waals surface area contributed by atoms with Gasteiger partial charge in [0.2, 0.25) is 0 Å². The monoisotopic (exact) mass is 394 g/mol. The van der Waals surface area contributed by atoms with Crippen molar-refractivity contribution >= 4 is 38.3 Å². The van der Waals surface area contributed by atoms with Crippen LogP contribution in [0.4, 0.5) is 0 Å². The van der Waals surface area contributed by atoms with Crippen LogP contribution in [-0.4, -0.2) is 12.4 Å². The van der Waals surface area contributed by atoms with E-state index in [1.165, 1.54) is 32.1 Å². The first-order valence-electron chi connectivity index (χ1n) is 6.91. The van der Waals surface area contributed by atoms with Crippen molar-refractivity contribution in [3.63, 3.8) is 0 Å². The van der Waals surface area contributed by atoms with Gasteiger partial charge in [-0.25, -0.2) is 0 Å². The third-order valence-corrected chi connectivity index (χ3v) is 12.1. The maximum Gasteiger partial charge on any atom is 0.314 e. The SMILES string of the molecule is CCCCCCOP(=O)(S)S(=S)CCCCCC.[Zn].